The number of nitrogens with two attached hydrogens (primary N) is 1. The Hall–Kier alpha value is -2.08. The number of carbonyl (C=O) groups is 1. The molecule has 7 heteroatoms. The van der Waals surface area contributed by atoms with Crippen LogP contribution in [-0.2, 0) is 4.79 Å². The Morgan fingerprint density at radius 1 is 1.45 bits per heavy atom. The van der Waals surface area contributed by atoms with Crippen molar-refractivity contribution in [2.24, 2.45) is 0 Å². The maximum atomic E-state index is 12.2. The largest absolute Gasteiger partial charge is 0.399 e. The Morgan fingerprint density at radius 2 is 2.15 bits per heavy atom. The molecule has 2 rings (SSSR count). The second-order valence-corrected chi connectivity index (χ2v) is 4.96. The summed E-state index contributed by atoms with van der Waals surface area (Å²) >= 11 is 6.03. The molecule has 0 spiro atoms. The lowest BCUT2D eigenvalue weighted by Crippen LogP contribution is -2.25. The Balaban J connectivity index is 2.17. The van der Waals surface area contributed by atoms with E-state index in [-0.39, 0.29) is 5.91 Å². The zero-order valence-corrected chi connectivity index (χ0v) is 12.3. The molecule has 0 saturated carbocycles. The number of benzene rings is 1. The van der Waals surface area contributed by atoms with Crippen LogP contribution >= 0.6 is 11.6 Å². The highest BCUT2D eigenvalue weighted by Crippen LogP contribution is 2.25. The smallest absolute Gasteiger partial charge is 0.249 e. The minimum atomic E-state index is -0.482. The van der Waals surface area contributed by atoms with Gasteiger partial charge in [-0.15, -0.1) is 0 Å². The first-order valence-corrected chi connectivity index (χ1v) is 6.52. The van der Waals surface area contributed by atoms with Gasteiger partial charge in [-0.05, 0) is 39.0 Å². The van der Waals surface area contributed by atoms with Gasteiger partial charge in [0.05, 0.1) is 10.7 Å². The highest BCUT2D eigenvalue weighted by molar-refractivity contribution is 6.34. The SMILES string of the molecule is Cc1nc(C)n(C(C)C(=O)Nc2ccc(N)cc2Cl)n1. The van der Waals surface area contributed by atoms with Crippen LogP contribution in [0.15, 0.2) is 18.2 Å². The number of amides is 1. The normalized spacial score (nSPS) is 12.2. The fourth-order valence-electron chi connectivity index (χ4n) is 1.88. The molecular formula is C13H16ClN5O. The van der Waals surface area contributed by atoms with Crippen molar-refractivity contribution in [2.45, 2.75) is 26.8 Å². The quantitative estimate of drug-likeness (QED) is 0.851. The zero-order chi connectivity index (χ0) is 14.9. The Morgan fingerprint density at radius 3 is 2.70 bits per heavy atom. The summed E-state index contributed by atoms with van der Waals surface area (Å²) in [6.07, 6.45) is 0. The first-order valence-electron chi connectivity index (χ1n) is 6.14. The fourth-order valence-corrected chi connectivity index (χ4v) is 2.12. The molecule has 3 N–H and O–H groups in total. The van der Waals surface area contributed by atoms with Crippen molar-refractivity contribution in [3.05, 3.63) is 34.9 Å². The van der Waals surface area contributed by atoms with Crippen LogP contribution in [0.4, 0.5) is 11.4 Å². The van der Waals surface area contributed by atoms with Crippen LogP contribution in [0.3, 0.4) is 0 Å². The molecular weight excluding hydrogens is 278 g/mol. The highest BCUT2D eigenvalue weighted by Gasteiger charge is 2.19. The number of hydrogen-bond acceptors (Lipinski definition) is 4. The first kappa shape index (κ1) is 14.3. The van der Waals surface area contributed by atoms with Crippen LogP contribution in [0, 0.1) is 13.8 Å². The number of rotatable bonds is 3. The molecule has 1 aromatic heterocycles. The topological polar surface area (TPSA) is 85.8 Å². The number of nitrogens with one attached hydrogen (secondary N) is 1. The van der Waals surface area contributed by atoms with E-state index < -0.39 is 6.04 Å². The zero-order valence-electron chi connectivity index (χ0n) is 11.5. The third-order valence-corrected chi connectivity index (χ3v) is 3.22. The van der Waals surface area contributed by atoms with E-state index in [9.17, 15) is 4.79 Å². The van der Waals surface area contributed by atoms with Gasteiger partial charge in [0.15, 0.2) is 0 Å². The second-order valence-electron chi connectivity index (χ2n) is 4.56. The molecule has 0 radical (unpaired) electrons. The van der Waals surface area contributed by atoms with E-state index in [1.165, 1.54) is 0 Å². The Kier molecular flexibility index (Phi) is 3.94. The number of aromatic nitrogens is 3. The molecule has 0 aliphatic rings. The van der Waals surface area contributed by atoms with E-state index >= 15 is 0 Å². The van der Waals surface area contributed by atoms with Gasteiger partial charge in [-0.2, -0.15) is 5.10 Å². The summed E-state index contributed by atoms with van der Waals surface area (Å²) in [5.74, 6) is 1.10. The number of hydrogen-bond donors (Lipinski definition) is 2. The van der Waals surface area contributed by atoms with Gasteiger partial charge in [-0.25, -0.2) is 9.67 Å². The van der Waals surface area contributed by atoms with E-state index in [0.29, 0.717) is 28.0 Å². The molecule has 1 amide bonds. The Bertz CT molecular complexity index is 652. The molecule has 106 valence electrons. The second kappa shape index (κ2) is 5.50. The Labute approximate surface area is 121 Å². The standard InChI is InChI=1S/C13H16ClN5O/c1-7(19-9(3)16-8(2)18-19)13(20)17-12-5-4-10(15)6-11(12)14/h4-7H,15H2,1-3H3,(H,17,20). The molecule has 20 heavy (non-hydrogen) atoms. The molecule has 0 bridgehead atoms. The number of anilines is 2. The van der Waals surface area contributed by atoms with Crippen molar-refractivity contribution >= 4 is 28.9 Å². The highest BCUT2D eigenvalue weighted by atomic mass is 35.5. The molecule has 2 aromatic rings. The molecule has 0 fully saturated rings. The third-order valence-electron chi connectivity index (χ3n) is 2.90. The summed E-state index contributed by atoms with van der Waals surface area (Å²) in [4.78, 5) is 16.4. The van der Waals surface area contributed by atoms with Gasteiger partial charge in [-0.1, -0.05) is 11.6 Å². The van der Waals surface area contributed by atoms with Crippen LogP contribution in [-0.4, -0.2) is 20.7 Å². The minimum Gasteiger partial charge on any atom is -0.399 e. The molecule has 0 saturated heterocycles. The predicted molar refractivity (Wildman–Crippen MR) is 78.7 cm³/mol. The first-order chi connectivity index (χ1) is 9.38. The van der Waals surface area contributed by atoms with Crippen LogP contribution < -0.4 is 11.1 Å². The van der Waals surface area contributed by atoms with Gasteiger partial charge in [-0.3, -0.25) is 4.79 Å². The maximum absolute atomic E-state index is 12.2. The van der Waals surface area contributed by atoms with Gasteiger partial charge in [0.25, 0.3) is 0 Å². The summed E-state index contributed by atoms with van der Waals surface area (Å²) in [5, 5.41) is 7.36. The molecule has 0 aliphatic heterocycles. The number of carbonyl (C=O) groups excluding carboxylic acids is 1. The van der Waals surface area contributed by atoms with E-state index in [2.05, 4.69) is 15.4 Å². The van der Waals surface area contributed by atoms with E-state index in [0.717, 1.165) is 0 Å². The van der Waals surface area contributed by atoms with Crippen molar-refractivity contribution in [1.29, 1.82) is 0 Å². The molecule has 1 unspecified atom stereocenters. The van der Waals surface area contributed by atoms with Gasteiger partial charge < -0.3 is 11.1 Å². The molecule has 0 aliphatic carbocycles. The van der Waals surface area contributed by atoms with E-state index in [1.807, 2.05) is 0 Å². The summed E-state index contributed by atoms with van der Waals surface area (Å²) in [6.45, 7) is 5.34. The fraction of sp³-hybridized carbons (Fsp3) is 0.308. The van der Waals surface area contributed by atoms with Crippen LogP contribution in [0.1, 0.15) is 24.6 Å². The third kappa shape index (κ3) is 2.91. The summed E-state index contributed by atoms with van der Waals surface area (Å²) in [5.41, 5.74) is 6.68. The monoisotopic (exact) mass is 293 g/mol. The van der Waals surface area contributed by atoms with Gasteiger partial charge in [0.2, 0.25) is 5.91 Å². The molecule has 6 nitrogen and oxygen atoms in total. The summed E-state index contributed by atoms with van der Waals surface area (Å²) in [6, 6.07) is 4.45. The lowest BCUT2D eigenvalue weighted by atomic mass is 10.2. The predicted octanol–water partition coefficient (Wildman–Crippen LogP) is 2.33. The van der Waals surface area contributed by atoms with Crippen molar-refractivity contribution in [1.82, 2.24) is 14.8 Å². The average Bonchev–Trinajstić information content (AvgIpc) is 2.71. The number of aryl methyl sites for hydroxylation is 2. The lowest BCUT2D eigenvalue weighted by Gasteiger charge is -2.14. The molecule has 1 heterocycles. The van der Waals surface area contributed by atoms with Crippen molar-refractivity contribution in [2.75, 3.05) is 11.1 Å². The lowest BCUT2D eigenvalue weighted by molar-refractivity contribution is -0.119. The van der Waals surface area contributed by atoms with Crippen molar-refractivity contribution in [3.8, 4) is 0 Å². The van der Waals surface area contributed by atoms with E-state index in [1.54, 1.807) is 43.7 Å². The van der Waals surface area contributed by atoms with Crippen LogP contribution in [0.25, 0.3) is 0 Å². The molecule has 1 atom stereocenters. The van der Waals surface area contributed by atoms with Crippen molar-refractivity contribution < 1.29 is 4.79 Å². The minimum absolute atomic E-state index is 0.218. The van der Waals surface area contributed by atoms with Crippen molar-refractivity contribution in [3.63, 3.8) is 0 Å². The van der Waals surface area contributed by atoms with Gasteiger partial charge in [0, 0.05) is 5.69 Å². The van der Waals surface area contributed by atoms with Gasteiger partial charge in [0.1, 0.15) is 17.7 Å². The van der Waals surface area contributed by atoms with Gasteiger partial charge >= 0.3 is 0 Å². The average molecular weight is 294 g/mol. The number of nitrogen functional groups attached to an aromatic ring is 1. The van der Waals surface area contributed by atoms with Crippen LogP contribution in [0.5, 0.6) is 0 Å². The number of halogens is 1. The maximum Gasteiger partial charge on any atom is 0.249 e. The summed E-state index contributed by atoms with van der Waals surface area (Å²) < 4.78 is 1.58. The number of nitrogens with zero attached hydrogens (tertiary/aromatic N) is 3. The summed E-state index contributed by atoms with van der Waals surface area (Å²) in [7, 11) is 0. The van der Waals surface area contributed by atoms with E-state index in [4.69, 9.17) is 17.3 Å². The molecule has 1 aromatic carbocycles. The van der Waals surface area contributed by atoms with Crippen LogP contribution in [0.2, 0.25) is 5.02 Å².